The maximum Gasteiger partial charge on any atom is 0.263 e. The summed E-state index contributed by atoms with van der Waals surface area (Å²) in [5.41, 5.74) is 0.803. The number of amides is 1. The number of carbonyl (C=O) groups is 1. The normalized spacial score (nSPS) is 15.9. The first-order chi connectivity index (χ1) is 10.7. The van der Waals surface area contributed by atoms with E-state index in [2.05, 4.69) is 15.2 Å². The predicted octanol–water partition coefficient (Wildman–Crippen LogP) is 2.24. The van der Waals surface area contributed by atoms with E-state index < -0.39 is 0 Å². The Bertz CT molecular complexity index is 619. The Hall–Kier alpha value is -1.28. The van der Waals surface area contributed by atoms with Gasteiger partial charge in [0.2, 0.25) is 0 Å². The zero-order valence-corrected chi connectivity index (χ0v) is 14.1. The van der Waals surface area contributed by atoms with Crippen LogP contribution in [0.25, 0.3) is 9.88 Å². The predicted molar refractivity (Wildman–Crippen MR) is 89.8 cm³/mol. The molecule has 0 atom stereocenters. The van der Waals surface area contributed by atoms with Crippen LogP contribution in [0.5, 0.6) is 0 Å². The Morgan fingerprint density at radius 2 is 2.27 bits per heavy atom. The Balaban J connectivity index is 1.55. The largest absolute Gasteiger partial charge is 0.379 e. The van der Waals surface area contributed by atoms with Gasteiger partial charge in [-0.1, -0.05) is 6.07 Å². The fourth-order valence-corrected chi connectivity index (χ4v) is 4.12. The zero-order chi connectivity index (χ0) is 15.4. The van der Waals surface area contributed by atoms with Crippen molar-refractivity contribution in [2.75, 3.05) is 39.4 Å². The molecule has 2 aromatic heterocycles. The molecule has 0 radical (unpaired) electrons. The molecule has 1 aliphatic rings. The molecular formula is C15H19N3O2S2. The van der Waals surface area contributed by atoms with Crippen LogP contribution in [0.4, 0.5) is 0 Å². The average Bonchev–Trinajstić information content (AvgIpc) is 3.17. The molecule has 3 heterocycles. The fourth-order valence-electron chi connectivity index (χ4n) is 2.35. The minimum Gasteiger partial charge on any atom is -0.379 e. The summed E-state index contributed by atoms with van der Waals surface area (Å²) in [5, 5.41) is 5.94. The van der Waals surface area contributed by atoms with E-state index in [1.807, 2.05) is 24.4 Å². The lowest BCUT2D eigenvalue weighted by Crippen LogP contribution is -2.41. The van der Waals surface area contributed by atoms with Crippen LogP contribution < -0.4 is 5.32 Å². The van der Waals surface area contributed by atoms with Gasteiger partial charge in [-0.25, -0.2) is 4.98 Å². The van der Waals surface area contributed by atoms with Crippen LogP contribution in [0.15, 0.2) is 17.5 Å². The van der Waals surface area contributed by atoms with Gasteiger partial charge in [-0.05, 0) is 18.4 Å². The van der Waals surface area contributed by atoms with Gasteiger partial charge in [-0.2, -0.15) is 0 Å². The maximum atomic E-state index is 12.3. The van der Waals surface area contributed by atoms with E-state index in [0.29, 0.717) is 11.4 Å². The third-order valence-corrected chi connectivity index (χ3v) is 5.75. The number of ether oxygens (including phenoxy) is 1. The molecule has 7 heteroatoms. The number of carbonyl (C=O) groups excluding carboxylic acids is 1. The number of nitrogens with zero attached hydrogens (tertiary/aromatic N) is 2. The highest BCUT2D eigenvalue weighted by Gasteiger charge is 2.17. The average molecular weight is 337 g/mol. The molecule has 0 spiro atoms. The lowest BCUT2D eigenvalue weighted by molar-refractivity contribution is 0.0383. The highest BCUT2D eigenvalue weighted by molar-refractivity contribution is 7.22. The van der Waals surface area contributed by atoms with Gasteiger partial charge < -0.3 is 10.1 Å². The monoisotopic (exact) mass is 337 g/mol. The molecule has 1 N–H and O–H groups in total. The number of hydrogen-bond acceptors (Lipinski definition) is 6. The molecule has 118 valence electrons. The Morgan fingerprint density at radius 3 is 3.00 bits per heavy atom. The van der Waals surface area contributed by atoms with Crippen molar-refractivity contribution in [2.45, 2.75) is 6.92 Å². The van der Waals surface area contributed by atoms with Crippen molar-refractivity contribution < 1.29 is 9.53 Å². The molecule has 0 bridgehead atoms. The minimum atomic E-state index is -0.0222. The number of aromatic nitrogens is 1. The maximum absolute atomic E-state index is 12.3. The quantitative estimate of drug-likeness (QED) is 0.909. The van der Waals surface area contributed by atoms with Crippen LogP contribution in [0.2, 0.25) is 0 Å². The van der Waals surface area contributed by atoms with Gasteiger partial charge in [-0.15, -0.1) is 22.7 Å². The van der Waals surface area contributed by atoms with Crippen molar-refractivity contribution in [3.63, 3.8) is 0 Å². The van der Waals surface area contributed by atoms with Crippen molar-refractivity contribution in [3.8, 4) is 9.88 Å². The minimum absolute atomic E-state index is 0.0222. The molecule has 1 fully saturated rings. The molecule has 0 unspecified atom stereocenters. The number of nitrogens with one attached hydrogen (secondary N) is 1. The molecule has 0 aromatic carbocycles. The van der Waals surface area contributed by atoms with E-state index in [9.17, 15) is 4.79 Å². The Kier molecular flexibility index (Phi) is 5.20. The number of thiazole rings is 1. The lowest BCUT2D eigenvalue weighted by Gasteiger charge is -2.26. The van der Waals surface area contributed by atoms with E-state index in [1.54, 1.807) is 11.3 Å². The van der Waals surface area contributed by atoms with Crippen LogP contribution in [-0.2, 0) is 4.74 Å². The first-order valence-electron chi connectivity index (χ1n) is 7.33. The molecule has 3 rings (SSSR count). The summed E-state index contributed by atoms with van der Waals surface area (Å²) in [7, 11) is 0. The van der Waals surface area contributed by atoms with Crippen LogP contribution in [0.3, 0.4) is 0 Å². The van der Waals surface area contributed by atoms with Crippen molar-refractivity contribution in [2.24, 2.45) is 0 Å². The van der Waals surface area contributed by atoms with Crippen LogP contribution >= 0.6 is 22.7 Å². The smallest absolute Gasteiger partial charge is 0.263 e. The Morgan fingerprint density at radius 1 is 1.45 bits per heavy atom. The molecule has 5 nitrogen and oxygen atoms in total. The van der Waals surface area contributed by atoms with Crippen LogP contribution in [0, 0.1) is 6.92 Å². The van der Waals surface area contributed by atoms with Gasteiger partial charge in [0, 0.05) is 26.2 Å². The van der Waals surface area contributed by atoms with E-state index in [-0.39, 0.29) is 5.91 Å². The van der Waals surface area contributed by atoms with Gasteiger partial charge in [0.25, 0.3) is 5.91 Å². The summed E-state index contributed by atoms with van der Waals surface area (Å²) in [6.45, 7) is 6.87. The van der Waals surface area contributed by atoms with E-state index in [1.165, 1.54) is 11.3 Å². The number of morpholine rings is 1. The van der Waals surface area contributed by atoms with E-state index in [0.717, 1.165) is 48.4 Å². The van der Waals surface area contributed by atoms with E-state index in [4.69, 9.17) is 4.74 Å². The molecule has 1 saturated heterocycles. The summed E-state index contributed by atoms with van der Waals surface area (Å²) in [4.78, 5) is 21.0. The van der Waals surface area contributed by atoms with Gasteiger partial charge in [0.05, 0.1) is 23.8 Å². The first-order valence-corrected chi connectivity index (χ1v) is 9.03. The molecule has 0 aliphatic carbocycles. The van der Waals surface area contributed by atoms with Gasteiger partial charge >= 0.3 is 0 Å². The number of thiophene rings is 1. The number of rotatable bonds is 5. The molecule has 1 aliphatic heterocycles. The van der Waals surface area contributed by atoms with Crippen LogP contribution in [0.1, 0.15) is 15.4 Å². The first kappa shape index (κ1) is 15.6. The molecule has 1 amide bonds. The second kappa shape index (κ2) is 7.32. The SMILES string of the molecule is Cc1nc(-c2cccs2)sc1C(=O)NCCN1CCOCC1. The van der Waals surface area contributed by atoms with Crippen molar-refractivity contribution in [1.29, 1.82) is 0 Å². The number of aryl methyl sites for hydroxylation is 1. The van der Waals surface area contributed by atoms with Crippen molar-refractivity contribution in [1.82, 2.24) is 15.2 Å². The molecule has 0 saturated carbocycles. The highest BCUT2D eigenvalue weighted by Crippen LogP contribution is 2.30. The van der Waals surface area contributed by atoms with Crippen LogP contribution in [-0.4, -0.2) is 55.2 Å². The summed E-state index contributed by atoms with van der Waals surface area (Å²) < 4.78 is 5.32. The topological polar surface area (TPSA) is 54.5 Å². The second-order valence-electron chi connectivity index (χ2n) is 5.12. The molecule has 2 aromatic rings. The standard InChI is InChI=1S/C15H19N3O2S2/c1-11-13(22-15(17-11)12-3-2-10-21-12)14(19)16-4-5-18-6-8-20-9-7-18/h2-3,10H,4-9H2,1H3,(H,16,19). The summed E-state index contributed by atoms with van der Waals surface area (Å²) in [5.74, 6) is -0.0222. The summed E-state index contributed by atoms with van der Waals surface area (Å²) in [6.07, 6.45) is 0. The lowest BCUT2D eigenvalue weighted by atomic mass is 10.3. The fraction of sp³-hybridized carbons (Fsp3) is 0.467. The van der Waals surface area contributed by atoms with Gasteiger partial charge in [0.15, 0.2) is 0 Å². The van der Waals surface area contributed by atoms with Crippen molar-refractivity contribution in [3.05, 3.63) is 28.1 Å². The van der Waals surface area contributed by atoms with Gasteiger partial charge in [-0.3, -0.25) is 9.69 Å². The summed E-state index contributed by atoms with van der Waals surface area (Å²) in [6, 6.07) is 4.03. The van der Waals surface area contributed by atoms with Crippen molar-refractivity contribution >= 4 is 28.6 Å². The molecular weight excluding hydrogens is 318 g/mol. The molecule has 22 heavy (non-hydrogen) atoms. The summed E-state index contributed by atoms with van der Waals surface area (Å²) >= 11 is 3.11. The van der Waals surface area contributed by atoms with Gasteiger partial charge in [0.1, 0.15) is 9.88 Å². The number of hydrogen-bond donors (Lipinski definition) is 1. The zero-order valence-electron chi connectivity index (χ0n) is 12.5. The second-order valence-corrected chi connectivity index (χ2v) is 7.07. The van der Waals surface area contributed by atoms with E-state index >= 15 is 0 Å². The Labute approximate surface area is 137 Å². The highest BCUT2D eigenvalue weighted by atomic mass is 32.1. The third kappa shape index (κ3) is 3.73. The third-order valence-electron chi connectivity index (χ3n) is 3.55.